The van der Waals surface area contributed by atoms with Crippen molar-refractivity contribution in [3.8, 4) is 34.4 Å². The Hall–Kier alpha value is -7.18. The molecule has 250 valence electrons. The Balaban J connectivity index is 1.20. The highest BCUT2D eigenvalue weighted by Gasteiger charge is 2.40. The van der Waals surface area contributed by atoms with Gasteiger partial charge < -0.3 is 23.0 Å². The zero-order valence-electron chi connectivity index (χ0n) is 28.8. The molecule has 0 saturated heterocycles. The number of para-hydroxylation sites is 5. The summed E-state index contributed by atoms with van der Waals surface area (Å²) in [7, 11) is 0. The Labute approximate surface area is 308 Å². The predicted octanol–water partition coefficient (Wildman–Crippen LogP) is 10.5. The van der Waals surface area contributed by atoms with Gasteiger partial charge in [-0.15, -0.1) is 0 Å². The van der Waals surface area contributed by atoms with Gasteiger partial charge in [-0.2, -0.15) is 0 Å². The number of fused-ring (bicyclic) bond motifs is 16. The molecule has 0 aliphatic carbocycles. The molecule has 2 aliphatic rings. The second-order valence-corrected chi connectivity index (χ2v) is 14.4. The summed E-state index contributed by atoms with van der Waals surface area (Å²) >= 11 is 0. The summed E-state index contributed by atoms with van der Waals surface area (Å²) < 4.78 is 25.0. The lowest BCUT2D eigenvalue weighted by atomic mass is 9.35. The Kier molecular flexibility index (Phi) is 5.39. The van der Waals surface area contributed by atoms with E-state index < -0.39 is 0 Å². The third-order valence-corrected chi connectivity index (χ3v) is 11.6. The van der Waals surface area contributed by atoms with Crippen LogP contribution in [0.3, 0.4) is 0 Å². The van der Waals surface area contributed by atoms with Crippen LogP contribution in [0.5, 0.6) is 23.0 Å². The molecule has 3 aromatic heterocycles. The number of nitrogens with zero attached hydrogens (tertiary/aromatic N) is 2. The average molecular weight is 691 g/mol. The summed E-state index contributed by atoms with van der Waals surface area (Å²) in [4.78, 5) is 0. The van der Waals surface area contributed by atoms with Crippen molar-refractivity contribution in [2.75, 3.05) is 0 Å². The van der Waals surface area contributed by atoms with Crippen LogP contribution in [0, 0.1) is 0 Å². The van der Waals surface area contributed by atoms with E-state index in [1.807, 2.05) is 18.2 Å². The average Bonchev–Trinajstić information content (AvgIpc) is 3.89. The minimum atomic E-state index is 0.00262. The number of hydrogen-bond donors (Lipinski definition) is 0. The highest BCUT2D eigenvalue weighted by molar-refractivity contribution is 6.98. The monoisotopic (exact) mass is 690 g/mol. The quantitative estimate of drug-likeness (QED) is 0.170. The fraction of sp³-hybridized carbons (Fsp3) is 0. The molecule has 8 aromatic carbocycles. The summed E-state index contributed by atoms with van der Waals surface area (Å²) in [5, 5.41) is 6.84. The molecule has 0 spiro atoms. The molecule has 0 unspecified atom stereocenters. The van der Waals surface area contributed by atoms with Crippen LogP contribution in [-0.2, 0) is 0 Å². The third-order valence-electron chi connectivity index (χ3n) is 11.6. The van der Waals surface area contributed by atoms with Gasteiger partial charge >= 0.3 is 0 Å². The zero-order chi connectivity index (χ0) is 35.1. The van der Waals surface area contributed by atoms with E-state index in [4.69, 9.17) is 13.9 Å². The normalized spacial score (nSPS) is 13.1. The third kappa shape index (κ3) is 3.55. The van der Waals surface area contributed by atoms with E-state index in [9.17, 15) is 0 Å². The summed E-state index contributed by atoms with van der Waals surface area (Å²) in [6.45, 7) is 0.00262. The molecule has 0 amide bonds. The van der Waals surface area contributed by atoms with E-state index in [1.54, 1.807) is 0 Å². The number of aromatic nitrogens is 2. The van der Waals surface area contributed by atoms with Crippen molar-refractivity contribution in [3.05, 3.63) is 164 Å². The second-order valence-electron chi connectivity index (χ2n) is 14.4. The van der Waals surface area contributed by atoms with Gasteiger partial charge in [0.1, 0.15) is 34.2 Å². The van der Waals surface area contributed by atoms with Crippen LogP contribution < -0.4 is 25.9 Å². The number of furan rings is 1. The first-order valence-electron chi connectivity index (χ1n) is 18.4. The molecular formula is C48H27BN2O3. The van der Waals surface area contributed by atoms with E-state index in [0.717, 1.165) is 106 Å². The molecule has 0 N–H and O–H groups in total. The first-order valence-corrected chi connectivity index (χ1v) is 18.4. The number of rotatable bonds is 2. The van der Waals surface area contributed by atoms with E-state index in [-0.39, 0.29) is 6.71 Å². The molecule has 0 saturated carbocycles. The second kappa shape index (κ2) is 10.2. The SMILES string of the molecule is c1ccc(-n2c3ccccc3c3c4c(c5ccccc5n4-c4ccc5c(c4)Oc4cccc6c4B5c4ccccc4O6)c4oc5ccccc5c4c32)cc1. The fourth-order valence-corrected chi connectivity index (χ4v) is 9.50. The van der Waals surface area contributed by atoms with E-state index >= 15 is 0 Å². The Morgan fingerprint density at radius 1 is 0.407 bits per heavy atom. The molecule has 0 atom stereocenters. The molecule has 5 nitrogen and oxygen atoms in total. The molecule has 2 aliphatic heterocycles. The molecule has 0 bridgehead atoms. The first kappa shape index (κ1) is 28.4. The minimum Gasteiger partial charge on any atom is -0.458 e. The fourth-order valence-electron chi connectivity index (χ4n) is 9.50. The topological polar surface area (TPSA) is 41.5 Å². The molecule has 0 fully saturated rings. The summed E-state index contributed by atoms with van der Waals surface area (Å²) in [6, 6.07) is 57.8. The van der Waals surface area contributed by atoms with Gasteiger partial charge in [0.2, 0.25) is 0 Å². The lowest BCUT2D eigenvalue weighted by molar-refractivity contribution is 0.464. The van der Waals surface area contributed by atoms with Gasteiger partial charge in [-0.05, 0) is 65.5 Å². The van der Waals surface area contributed by atoms with Crippen molar-refractivity contribution >= 4 is 88.7 Å². The van der Waals surface area contributed by atoms with Crippen LogP contribution in [0.15, 0.2) is 168 Å². The van der Waals surface area contributed by atoms with Crippen LogP contribution in [0.25, 0.3) is 76.9 Å². The van der Waals surface area contributed by atoms with Gasteiger partial charge in [-0.1, -0.05) is 103 Å². The van der Waals surface area contributed by atoms with Crippen molar-refractivity contribution in [1.29, 1.82) is 0 Å². The minimum absolute atomic E-state index is 0.00262. The van der Waals surface area contributed by atoms with E-state index in [2.05, 4.69) is 155 Å². The Morgan fingerprint density at radius 3 is 1.78 bits per heavy atom. The molecule has 54 heavy (non-hydrogen) atoms. The van der Waals surface area contributed by atoms with E-state index in [1.165, 1.54) is 10.8 Å². The van der Waals surface area contributed by atoms with Crippen molar-refractivity contribution in [2.24, 2.45) is 0 Å². The largest absolute Gasteiger partial charge is 0.458 e. The molecule has 0 radical (unpaired) electrons. The summed E-state index contributed by atoms with van der Waals surface area (Å²) in [5.74, 6) is 3.41. The van der Waals surface area contributed by atoms with Crippen LogP contribution >= 0.6 is 0 Å². The smallest absolute Gasteiger partial charge is 0.260 e. The number of hydrogen-bond acceptors (Lipinski definition) is 3. The maximum absolute atomic E-state index is 6.96. The molecule has 5 heterocycles. The highest BCUT2D eigenvalue weighted by Crippen LogP contribution is 2.49. The van der Waals surface area contributed by atoms with Crippen molar-refractivity contribution in [2.45, 2.75) is 0 Å². The lowest BCUT2D eigenvalue weighted by Crippen LogP contribution is -2.57. The maximum Gasteiger partial charge on any atom is 0.260 e. The Morgan fingerprint density at radius 2 is 0.981 bits per heavy atom. The highest BCUT2D eigenvalue weighted by atomic mass is 16.5. The van der Waals surface area contributed by atoms with E-state index in [0.29, 0.717) is 0 Å². The molecule has 13 rings (SSSR count). The van der Waals surface area contributed by atoms with Gasteiger partial charge in [-0.3, -0.25) is 0 Å². The van der Waals surface area contributed by atoms with Gasteiger partial charge in [0.15, 0.2) is 0 Å². The molecule has 11 aromatic rings. The molecule has 6 heteroatoms. The van der Waals surface area contributed by atoms with Gasteiger partial charge in [-0.25, -0.2) is 0 Å². The van der Waals surface area contributed by atoms with Crippen molar-refractivity contribution < 1.29 is 13.9 Å². The van der Waals surface area contributed by atoms with Crippen LogP contribution in [0.1, 0.15) is 0 Å². The van der Waals surface area contributed by atoms with Crippen molar-refractivity contribution in [1.82, 2.24) is 9.13 Å². The van der Waals surface area contributed by atoms with Gasteiger partial charge in [0.05, 0.1) is 32.8 Å². The van der Waals surface area contributed by atoms with Crippen LogP contribution in [0.4, 0.5) is 0 Å². The summed E-state index contributed by atoms with van der Waals surface area (Å²) in [5.41, 5.74) is 11.7. The first-order chi connectivity index (χ1) is 26.8. The Bertz CT molecular complexity index is 3410. The maximum atomic E-state index is 6.96. The lowest BCUT2D eigenvalue weighted by Gasteiger charge is -2.33. The molecular weight excluding hydrogens is 663 g/mol. The van der Waals surface area contributed by atoms with Crippen LogP contribution in [0.2, 0.25) is 0 Å². The van der Waals surface area contributed by atoms with Crippen molar-refractivity contribution in [3.63, 3.8) is 0 Å². The summed E-state index contributed by atoms with van der Waals surface area (Å²) in [6.07, 6.45) is 0. The number of ether oxygens (including phenoxy) is 2. The number of benzene rings is 8. The van der Waals surface area contributed by atoms with Gasteiger partial charge in [0.25, 0.3) is 6.71 Å². The standard InChI is InChI=1S/C48H27BN2O3/c1-2-13-28(14-3-1)50-35-19-8-4-15-30(35)42-46-43(48-44(47(42)50)32-17-6-10-21-37(32)54-48)31-16-5-9-20-36(31)51(46)29-25-26-34-41(27-29)53-40-24-12-23-39-45(40)49(34)33-18-7-11-22-38(33)52-39/h1-27H. The van der Waals surface area contributed by atoms with Gasteiger partial charge in [0, 0.05) is 44.4 Å². The van der Waals surface area contributed by atoms with Crippen LogP contribution in [-0.4, -0.2) is 15.8 Å². The predicted molar refractivity (Wildman–Crippen MR) is 220 cm³/mol. The zero-order valence-corrected chi connectivity index (χ0v) is 28.8.